The molecular weight excluding hydrogens is 262 g/mol. The van der Waals surface area contributed by atoms with Crippen molar-refractivity contribution in [2.75, 3.05) is 0 Å². The summed E-state index contributed by atoms with van der Waals surface area (Å²) in [5.74, 6) is -0.890. The summed E-state index contributed by atoms with van der Waals surface area (Å²) in [7, 11) is 0. The second-order valence-corrected chi connectivity index (χ2v) is 5.58. The summed E-state index contributed by atoms with van der Waals surface area (Å²) in [6.45, 7) is 4.55. The second-order valence-electron chi connectivity index (χ2n) is 4.55. The first-order valence-corrected chi connectivity index (χ1v) is 6.98. The average Bonchev–Trinajstić information content (AvgIpc) is 2.98. The summed E-state index contributed by atoms with van der Waals surface area (Å²) in [6, 6.07) is 3.38. The van der Waals surface area contributed by atoms with Crippen molar-refractivity contribution in [1.29, 1.82) is 0 Å². The summed E-state index contributed by atoms with van der Waals surface area (Å²) in [6.07, 6.45) is 3.28. The molecule has 1 unspecified atom stereocenters. The third-order valence-corrected chi connectivity index (χ3v) is 3.73. The SMILES string of the molecule is CC(C)n1cncc1C(NCc1cccs1)C(=O)O. The van der Waals surface area contributed by atoms with E-state index in [0.717, 1.165) is 4.88 Å². The van der Waals surface area contributed by atoms with Gasteiger partial charge in [-0.15, -0.1) is 11.3 Å². The van der Waals surface area contributed by atoms with Gasteiger partial charge in [-0.25, -0.2) is 4.98 Å². The van der Waals surface area contributed by atoms with Crippen LogP contribution in [0.1, 0.15) is 36.5 Å². The summed E-state index contributed by atoms with van der Waals surface area (Å²) < 4.78 is 1.88. The van der Waals surface area contributed by atoms with Crippen molar-refractivity contribution >= 4 is 17.3 Å². The number of nitrogens with one attached hydrogen (secondary N) is 1. The van der Waals surface area contributed by atoms with Crippen molar-refractivity contribution in [3.63, 3.8) is 0 Å². The molecule has 0 spiro atoms. The van der Waals surface area contributed by atoms with Gasteiger partial charge in [-0.3, -0.25) is 10.1 Å². The zero-order valence-electron chi connectivity index (χ0n) is 10.9. The van der Waals surface area contributed by atoms with Crippen LogP contribution in [0, 0.1) is 0 Å². The van der Waals surface area contributed by atoms with Crippen LogP contribution in [0.4, 0.5) is 0 Å². The highest BCUT2D eigenvalue weighted by Crippen LogP contribution is 2.19. The van der Waals surface area contributed by atoms with Crippen molar-refractivity contribution in [2.24, 2.45) is 0 Å². The number of hydrogen-bond acceptors (Lipinski definition) is 4. The molecule has 6 heteroatoms. The lowest BCUT2D eigenvalue weighted by atomic mass is 10.2. The molecule has 0 saturated heterocycles. The van der Waals surface area contributed by atoms with Crippen LogP contribution in [-0.2, 0) is 11.3 Å². The maximum Gasteiger partial charge on any atom is 0.326 e. The monoisotopic (exact) mass is 279 g/mol. The van der Waals surface area contributed by atoms with Crippen LogP contribution < -0.4 is 5.32 Å². The zero-order chi connectivity index (χ0) is 13.8. The molecule has 0 saturated carbocycles. The molecule has 1 atom stereocenters. The van der Waals surface area contributed by atoms with E-state index in [1.165, 1.54) is 0 Å². The van der Waals surface area contributed by atoms with Gasteiger partial charge in [0.25, 0.3) is 0 Å². The quantitative estimate of drug-likeness (QED) is 0.852. The number of aliphatic carboxylic acids is 1. The summed E-state index contributed by atoms with van der Waals surface area (Å²) in [5, 5.41) is 14.4. The van der Waals surface area contributed by atoms with Gasteiger partial charge in [0.2, 0.25) is 0 Å². The third kappa shape index (κ3) is 3.21. The third-order valence-electron chi connectivity index (χ3n) is 2.86. The maximum atomic E-state index is 11.4. The Morgan fingerprint density at radius 1 is 1.58 bits per heavy atom. The first-order valence-electron chi connectivity index (χ1n) is 6.10. The summed E-state index contributed by atoms with van der Waals surface area (Å²) in [5.41, 5.74) is 0.680. The van der Waals surface area contributed by atoms with Crippen molar-refractivity contribution < 1.29 is 9.90 Å². The van der Waals surface area contributed by atoms with Gasteiger partial charge in [0.15, 0.2) is 0 Å². The molecule has 2 rings (SSSR count). The number of hydrogen-bond donors (Lipinski definition) is 2. The molecule has 0 amide bonds. The average molecular weight is 279 g/mol. The number of rotatable bonds is 6. The maximum absolute atomic E-state index is 11.4. The minimum Gasteiger partial charge on any atom is -0.480 e. The number of carboxylic acids is 1. The highest BCUT2D eigenvalue weighted by Gasteiger charge is 2.23. The van der Waals surface area contributed by atoms with Crippen LogP contribution in [0.5, 0.6) is 0 Å². The molecule has 102 valence electrons. The predicted molar refractivity (Wildman–Crippen MR) is 74.1 cm³/mol. The van der Waals surface area contributed by atoms with Gasteiger partial charge < -0.3 is 9.67 Å². The van der Waals surface area contributed by atoms with E-state index in [-0.39, 0.29) is 6.04 Å². The highest BCUT2D eigenvalue weighted by molar-refractivity contribution is 7.09. The minimum atomic E-state index is -0.890. The number of thiophene rings is 1. The molecule has 0 bridgehead atoms. The van der Waals surface area contributed by atoms with Crippen LogP contribution in [0.25, 0.3) is 0 Å². The van der Waals surface area contributed by atoms with Crippen molar-refractivity contribution in [3.8, 4) is 0 Å². The van der Waals surface area contributed by atoms with Crippen LogP contribution in [0.3, 0.4) is 0 Å². The van der Waals surface area contributed by atoms with Gasteiger partial charge in [-0.1, -0.05) is 6.07 Å². The number of carboxylic acid groups (broad SMARTS) is 1. The van der Waals surface area contributed by atoms with E-state index in [2.05, 4.69) is 10.3 Å². The first kappa shape index (κ1) is 13.8. The van der Waals surface area contributed by atoms with E-state index in [1.807, 2.05) is 35.9 Å². The molecule has 5 nitrogen and oxygen atoms in total. The minimum absolute atomic E-state index is 0.183. The molecule has 2 aromatic rings. The van der Waals surface area contributed by atoms with E-state index < -0.39 is 12.0 Å². The fourth-order valence-electron chi connectivity index (χ4n) is 1.90. The molecule has 0 aliphatic carbocycles. The molecule has 2 heterocycles. The van der Waals surface area contributed by atoms with Gasteiger partial charge in [-0.2, -0.15) is 0 Å². The van der Waals surface area contributed by atoms with E-state index in [9.17, 15) is 9.90 Å². The van der Waals surface area contributed by atoms with Gasteiger partial charge >= 0.3 is 5.97 Å². The Morgan fingerprint density at radius 3 is 2.95 bits per heavy atom. The highest BCUT2D eigenvalue weighted by atomic mass is 32.1. The van der Waals surface area contributed by atoms with Crippen LogP contribution >= 0.6 is 11.3 Å². The molecule has 0 aromatic carbocycles. The first-order chi connectivity index (χ1) is 9.09. The molecule has 0 aliphatic heterocycles. The van der Waals surface area contributed by atoms with Crippen LogP contribution in [0.2, 0.25) is 0 Å². The normalized spacial score (nSPS) is 12.8. The fraction of sp³-hybridized carbons (Fsp3) is 0.385. The molecule has 0 radical (unpaired) electrons. The van der Waals surface area contributed by atoms with Gasteiger partial charge in [0.05, 0.1) is 18.2 Å². The standard InChI is InChI=1S/C13H17N3O2S/c1-9(2)16-8-14-7-11(16)12(13(17)18)15-6-10-4-3-5-19-10/h3-5,7-9,12,15H,6H2,1-2H3,(H,17,18). The Bertz CT molecular complexity index is 534. The molecule has 2 N–H and O–H groups in total. The molecular formula is C13H17N3O2S. The summed E-state index contributed by atoms with van der Waals surface area (Å²) >= 11 is 1.61. The smallest absolute Gasteiger partial charge is 0.326 e. The van der Waals surface area contributed by atoms with Crippen LogP contribution in [-0.4, -0.2) is 20.6 Å². The largest absolute Gasteiger partial charge is 0.480 e. The van der Waals surface area contributed by atoms with E-state index in [4.69, 9.17) is 0 Å². The number of imidazole rings is 1. The second kappa shape index (κ2) is 5.99. The topological polar surface area (TPSA) is 67.2 Å². The van der Waals surface area contributed by atoms with Crippen molar-refractivity contribution in [2.45, 2.75) is 32.5 Å². The molecule has 0 aliphatic rings. The molecule has 2 aromatic heterocycles. The fourth-order valence-corrected chi connectivity index (χ4v) is 2.56. The lowest BCUT2D eigenvalue weighted by Gasteiger charge is -2.18. The molecule has 0 fully saturated rings. The zero-order valence-corrected chi connectivity index (χ0v) is 11.7. The Balaban J connectivity index is 2.15. The Hall–Kier alpha value is -1.66. The van der Waals surface area contributed by atoms with Crippen molar-refractivity contribution in [1.82, 2.24) is 14.9 Å². The summed E-state index contributed by atoms with van der Waals surface area (Å²) in [4.78, 5) is 16.6. The van der Waals surface area contributed by atoms with E-state index >= 15 is 0 Å². The van der Waals surface area contributed by atoms with Crippen LogP contribution in [0.15, 0.2) is 30.0 Å². The Kier molecular flexibility index (Phi) is 4.34. The van der Waals surface area contributed by atoms with E-state index in [1.54, 1.807) is 23.9 Å². The van der Waals surface area contributed by atoms with Gasteiger partial charge in [-0.05, 0) is 25.3 Å². The Morgan fingerprint density at radius 2 is 2.37 bits per heavy atom. The number of aromatic nitrogens is 2. The molecule has 19 heavy (non-hydrogen) atoms. The Labute approximate surface area is 115 Å². The van der Waals surface area contributed by atoms with Crippen molar-refractivity contribution in [3.05, 3.63) is 40.6 Å². The van der Waals surface area contributed by atoms with E-state index in [0.29, 0.717) is 12.2 Å². The number of carbonyl (C=O) groups is 1. The van der Waals surface area contributed by atoms with Gasteiger partial charge in [0.1, 0.15) is 6.04 Å². The lowest BCUT2D eigenvalue weighted by molar-refractivity contribution is -0.139. The lowest BCUT2D eigenvalue weighted by Crippen LogP contribution is -2.30. The predicted octanol–water partition coefficient (Wildman–Crippen LogP) is 2.44. The van der Waals surface area contributed by atoms with Gasteiger partial charge in [0, 0.05) is 17.5 Å². The number of nitrogens with zero attached hydrogens (tertiary/aromatic N) is 2.